The number of hydrogen-bond acceptors (Lipinski definition) is 3. The van der Waals surface area contributed by atoms with Crippen molar-refractivity contribution in [3.05, 3.63) is 34.9 Å². The van der Waals surface area contributed by atoms with E-state index in [9.17, 15) is 9.59 Å². The highest BCUT2D eigenvalue weighted by atomic mass is 16.4. The van der Waals surface area contributed by atoms with Crippen LogP contribution in [0.2, 0.25) is 0 Å². The van der Waals surface area contributed by atoms with E-state index in [-0.39, 0.29) is 11.1 Å². The Kier molecular flexibility index (Phi) is 6.17. The van der Waals surface area contributed by atoms with Gasteiger partial charge >= 0.3 is 11.9 Å². The molecule has 1 aliphatic rings. The van der Waals surface area contributed by atoms with E-state index < -0.39 is 11.9 Å². The Labute approximate surface area is 144 Å². The molecule has 2 rings (SSSR count). The molecule has 3 N–H and O–H groups in total. The number of hydrogen-bond donors (Lipinski definition) is 3. The van der Waals surface area contributed by atoms with Gasteiger partial charge in [0.15, 0.2) is 0 Å². The smallest absolute Gasteiger partial charge is 0.336 e. The number of rotatable bonds is 2. The second-order valence-electron chi connectivity index (χ2n) is 8.01. The Balaban J connectivity index is 0.000000243. The summed E-state index contributed by atoms with van der Waals surface area (Å²) in [7, 11) is 0. The molecular formula is C19H29NO4. The first kappa shape index (κ1) is 20.2. The minimum Gasteiger partial charge on any atom is -0.478 e. The Bertz CT molecular complexity index is 604. The van der Waals surface area contributed by atoms with Crippen LogP contribution >= 0.6 is 0 Å². The lowest BCUT2D eigenvalue weighted by molar-refractivity contribution is 0.0651. The summed E-state index contributed by atoms with van der Waals surface area (Å²) in [5, 5.41) is 21.1. The number of piperidine rings is 1. The fourth-order valence-corrected chi connectivity index (χ4v) is 3.96. The molecular weight excluding hydrogens is 306 g/mol. The Morgan fingerprint density at radius 1 is 1.04 bits per heavy atom. The van der Waals surface area contributed by atoms with Gasteiger partial charge in [0.05, 0.1) is 11.1 Å². The second-order valence-corrected chi connectivity index (χ2v) is 8.01. The number of carboxylic acids is 2. The van der Waals surface area contributed by atoms with Crippen LogP contribution in [0.25, 0.3) is 0 Å². The van der Waals surface area contributed by atoms with E-state index in [1.54, 1.807) is 13.0 Å². The molecule has 0 aromatic heterocycles. The summed E-state index contributed by atoms with van der Waals surface area (Å²) in [6.07, 6.45) is 2.60. The zero-order chi connectivity index (χ0) is 18.7. The van der Waals surface area contributed by atoms with Gasteiger partial charge in [-0.3, -0.25) is 0 Å². The predicted molar refractivity (Wildman–Crippen MR) is 94.8 cm³/mol. The van der Waals surface area contributed by atoms with Gasteiger partial charge in [0, 0.05) is 11.1 Å². The lowest BCUT2D eigenvalue weighted by Crippen LogP contribution is -2.57. The first-order valence-corrected chi connectivity index (χ1v) is 8.20. The highest BCUT2D eigenvalue weighted by Gasteiger charge is 2.35. The van der Waals surface area contributed by atoms with Crippen molar-refractivity contribution >= 4 is 11.9 Å². The second kappa shape index (κ2) is 7.34. The molecule has 1 fully saturated rings. The van der Waals surface area contributed by atoms with Crippen LogP contribution in [0.4, 0.5) is 0 Å². The highest BCUT2D eigenvalue weighted by molar-refractivity contribution is 6.02. The topological polar surface area (TPSA) is 86.6 Å². The molecule has 0 saturated carbocycles. The van der Waals surface area contributed by atoms with Crippen molar-refractivity contribution < 1.29 is 19.8 Å². The molecule has 0 aliphatic carbocycles. The van der Waals surface area contributed by atoms with Crippen molar-refractivity contribution in [2.75, 3.05) is 0 Å². The molecule has 0 amide bonds. The molecule has 0 bridgehead atoms. The Hall–Kier alpha value is -1.88. The minimum atomic E-state index is -1.22. The third kappa shape index (κ3) is 5.64. The predicted octanol–water partition coefficient (Wildman–Crippen LogP) is 3.95. The number of aromatic carboxylic acids is 2. The average molecular weight is 335 g/mol. The van der Waals surface area contributed by atoms with Gasteiger partial charge in [-0.25, -0.2) is 9.59 Å². The largest absolute Gasteiger partial charge is 0.478 e. The minimum absolute atomic E-state index is 0.144. The van der Waals surface area contributed by atoms with E-state index in [0.717, 1.165) is 5.92 Å². The summed E-state index contributed by atoms with van der Waals surface area (Å²) in [5.74, 6) is -1.57. The fraction of sp³-hybridized carbons (Fsp3) is 0.579. The molecule has 0 radical (unpaired) electrons. The molecule has 0 unspecified atom stereocenters. The van der Waals surface area contributed by atoms with Crippen LogP contribution in [-0.2, 0) is 0 Å². The molecule has 5 heteroatoms. The van der Waals surface area contributed by atoms with Gasteiger partial charge in [0.2, 0.25) is 0 Å². The van der Waals surface area contributed by atoms with Gasteiger partial charge in [-0.2, -0.15) is 0 Å². The van der Waals surface area contributed by atoms with Gasteiger partial charge in [0.1, 0.15) is 0 Å². The maximum absolute atomic E-state index is 10.7. The van der Waals surface area contributed by atoms with Gasteiger partial charge in [-0.15, -0.1) is 0 Å². The molecule has 24 heavy (non-hydrogen) atoms. The number of carboxylic acid groups (broad SMARTS) is 2. The van der Waals surface area contributed by atoms with Crippen molar-refractivity contribution in [2.24, 2.45) is 5.92 Å². The van der Waals surface area contributed by atoms with Gasteiger partial charge in [-0.1, -0.05) is 19.1 Å². The van der Waals surface area contributed by atoms with Crippen LogP contribution in [0.5, 0.6) is 0 Å². The third-order valence-corrected chi connectivity index (χ3v) is 4.11. The van der Waals surface area contributed by atoms with Crippen LogP contribution in [0.3, 0.4) is 0 Å². The molecule has 5 nitrogen and oxygen atoms in total. The number of aryl methyl sites for hydroxylation is 1. The Morgan fingerprint density at radius 3 is 1.88 bits per heavy atom. The summed E-state index contributed by atoms with van der Waals surface area (Å²) in [6, 6.07) is 4.36. The van der Waals surface area contributed by atoms with E-state index in [1.807, 2.05) is 0 Å². The number of benzene rings is 1. The fourth-order valence-electron chi connectivity index (χ4n) is 3.96. The molecule has 1 saturated heterocycles. The van der Waals surface area contributed by atoms with Crippen molar-refractivity contribution in [1.82, 2.24) is 5.32 Å². The molecule has 1 aliphatic heterocycles. The van der Waals surface area contributed by atoms with Crippen molar-refractivity contribution in [2.45, 2.75) is 65.5 Å². The summed E-state index contributed by atoms with van der Waals surface area (Å²) in [5.41, 5.74) is 0.803. The molecule has 134 valence electrons. The highest BCUT2D eigenvalue weighted by Crippen LogP contribution is 2.31. The van der Waals surface area contributed by atoms with Gasteiger partial charge in [0.25, 0.3) is 0 Å². The standard InChI is InChI=1S/C10H21N.C9H8O4/c1-8-6-9(2,3)11-10(4,5)7-8;1-5-3-2-4-6(8(10)11)7(5)9(12)13/h8,11H,6-7H2,1-5H3;2-4H,1H3,(H,10,11)(H,12,13). The molecule has 0 spiro atoms. The van der Waals surface area contributed by atoms with E-state index in [4.69, 9.17) is 10.2 Å². The first-order valence-electron chi connectivity index (χ1n) is 8.20. The van der Waals surface area contributed by atoms with Crippen molar-refractivity contribution in [1.29, 1.82) is 0 Å². The summed E-state index contributed by atoms with van der Waals surface area (Å²) in [4.78, 5) is 21.3. The normalized spacial score (nSPS) is 19.1. The van der Waals surface area contributed by atoms with Crippen LogP contribution in [-0.4, -0.2) is 33.2 Å². The van der Waals surface area contributed by atoms with Crippen LogP contribution in [0, 0.1) is 12.8 Å². The van der Waals surface area contributed by atoms with E-state index in [0.29, 0.717) is 16.6 Å². The van der Waals surface area contributed by atoms with E-state index in [2.05, 4.69) is 39.9 Å². The van der Waals surface area contributed by atoms with Crippen molar-refractivity contribution in [3.63, 3.8) is 0 Å². The van der Waals surface area contributed by atoms with Crippen molar-refractivity contribution in [3.8, 4) is 0 Å². The molecule has 0 atom stereocenters. The monoisotopic (exact) mass is 335 g/mol. The lowest BCUT2D eigenvalue weighted by atomic mass is 9.77. The zero-order valence-corrected chi connectivity index (χ0v) is 15.4. The summed E-state index contributed by atoms with van der Waals surface area (Å²) in [6.45, 7) is 13.1. The SMILES string of the molecule is CC1CC(C)(C)NC(C)(C)C1.Cc1cccc(C(=O)O)c1C(=O)O. The van der Waals surface area contributed by atoms with E-state index >= 15 is 0 Å². The molecule has 1 aromatic rings. The number of carbonyl (C=O) groups is 2. The lowest BCUT2D eigenvalue weighted by Gasteiger charge is -2.45. The quantitative estimate of drug-likeness (QED) is 0.761. The molecule has 1 heterocycles. The first-order chi connectivity index (χ1) is 10.8. The maximum Gasteiger partial charge on any atom is 0.336 e. The van der Waals surface area contributed by atoms with Crippen LogP contribution in [0.1, 0.15) is 73.7 Å². The van der Waals surface area contributed by atoms with E-state index in [1.165, 1.54) is 25.0 Å². The van der Waals surface area contributed by atoms with Gasteiger partial charge in [-0.05, 0) is 65.0 Å². The zero-order valence-electron chi connectivity index (χ0n) is 15.4. The maximum atomic E-state index is 10.7. The summed E-state index contributed by atoms with van der Waals surface area (Å²) >= 11 is 0. The third-order valence-electron chi connectivity index (χ3n) is 4.11. The van der Waals surface area contributed by atoms with Crippen LogP contribution in [0.15, 0.2) is 18.2 Å². The summed E-state index contributed by atoms with van der Waals surface area (Å²) < 4.78 is 0. The average Bonchev–Trinajstić information content (AvgIpc) is 2.33. The van der Waals surface area contributed by atoms with Crippen LogP contribution < -0.4 is 5.32 Å². The number of nitrogens with one attached hydrogen (secondary N) is 1. The Morgan fingerprint density at radius 2 is 1.54 bits per heavy atom. The molecule has 1 aromatic carbocycles. The van der Waals surface area contributed by atoms with Gasteiger partial charge < -0.3 is 15.5 Å².